The van der Waals surface area contributed by atoms with Gasteiger partial charge in [-0.25, -0.2) is 4.79 Å². The van der Waals surface area contributed by atoms with E-state index in [4.69, 9.17) is 16.6 Å². The van der Waals surface area contributed by atoms with Crippen molar-refractivity contribution in [2.75, 3.05) is 5.32 Å². The average molecular weight is 356 g/mol. The number of hydrogen-bond donors (Lipinski definition) is 2. The zero-order valence-corrected chi connectivity index (χ0v) is 15.4. The lowest BCUT2D eigenvalue weighted by atomic mass is 10.1. The number of nitrogens with one attached hydrogen (secondary N) is 2. The van der Waals surface area contributed by atoms with E-state index in [1.165, 1.54) is 6.07 Å². The summed E-state index contributed by atoms with van der Waals surface area (Å²) in [6, 6.07) is 7.10. The summed E-state index contributed by atoms with van der Waals surface area (Å²) < 4.78 is 7.09. The summed E-state index contributed by atoms with van der Waals surface area (Å²) in [4.78, 5) is 11.5. The lowest BCUT2D eigenvalue weighted by Gasteiger charge is -2.17. The third kappa shape index (κ3) is 3.56. The minimum atomic E-state index is -0.358. The molecule has 6 nitrogen and oxygen atoms in total. The highest BCUT2D eigenvalue weighted by atomic mass is 32.1. The van der Waals surface area contributed by atoms with Crippen molar-refractivity contribution in [1.82, 2.24) is 15.1 Å². The van der Waals surface area contributed by atoms with Gasteiger partial charge in [0.25, 0.3) is 0 Å². The molecule has 1 unspecified atom stereocenters. The van der Waals surface area contributed by atoms with E-state index in [1.807, 2.05) is 50.8 Å². The van der Waals surface area contributed by atoms with Crippen LogP contribution in [0.3, 0.4) is 0 Å². The molecule has 0 amide bonds. The molecule has 0 aliphatic rings. The number of hydrogen-bond acceptors (Lipinski definition) is 4. The summed E-state index contributed by atoms with van der Waals surface area (Å²) in [7, 11) is 1.91. The third-order valence-corrected chi connectivity index (χ3v) is 4.52. The molecule has 0 spiro atoms. The first-order chi connectivity index (χ1) is 11.8. The Morgan fingerprint density at radius 1 is 1.32 bits per heavy atom. The van der Waals surface area contributed by atoms with Crippen LogP contribution >= 0.6 is 12.2 Å². The van der Waals surface area contributed by atoms with Gasteiger partial charge in [-0.05, 0) is 50.7 Å². The Balaban J connectivity index is 1.75. The van der Waals surface area contributed by atoms with Gasteiger partial charge in [-0.2, -0.15) is 5.10 Å². The first kappa shape index (κ1) is 17.2. The van der Waals surface area contributed by atoms with Gasteiger partial charge < -0.3 is 15.1 Å². The molecular weight excluding hydrogens is 336 g/mol. The Morgan fingerprint density at radius 3 is 2.76 bits per heavy atom. The van der Waals surface area contributed by atoms with Gasteiger partial charge in [0, 0.05) is 41.5 Å². The van der Waals surface area contributed by atoms with E-state index in [0.717, 1.165) is 27.9 Å². The highest BCUT2D eigenvalue weighted by Gasteiger charge is 2.13. The molecule has 2 N–H and O–H groups in total. The van der Waals surface area contributed by atoms with Crippen LogP contribution in [0.5, 0.6) is 0 Å². The molecule has 0 fully saturated rings. The summed E-state index contributed by atoms with van der Waals surface area (Å²) in [5.41, 5.74) is 4.00. The lowest BCUT2D eigenvalue weighted by Crippen LogP contribution is -2.31. The van der Waals surface area contributed by atoms with Crippen molar-refractivity contribution in [3.05, 3.63) is 57.7 Å². The first-order valence-corrected chi connectivity index (χ1v) is 8.36. The van der Waals surface area contributed by atoms with E-state index >= 15 is 0 Å². The fourth-order valence-corrected chi connectivity index (χ4v) is 3.08. The van der Waals surface area contributed by atoms with E-state index in [9.17, 15) is 4.79 Å². The van der Waals surface area contributed by atoms with E-state index in [1.54, 1.807) is 6.07 Å². The van der Waals surface area contributed by atoms with E-state index < -0.39 is 0 Å². The maximum absolute atomic E-state index is 11.5. The molecule has 0 aliphatic carbocycles. The molecule has 1 aromatic carbocycles. The monoisotopic (exact) mass is 356 g/mol. The molecule has 0 radical (unpaired) electrons. The molecule has 2 aromatic heterocycles. The molecule has 25 heavy (non-hydrogen) atoms. The Hall–Kier alpha value is -2.67. The van der Waals surface area contributed by atoms with Crippen molar-refractivity contribution in [1.29, 1.82) is 0 Å². The van der Waals surface area contributed by atoms with Crippen molar-refractivity contribution in [3.8, 4) is 0 Å². The van der Waals surface area contributed by atoms with E-state index in [-0.39, 0.29) is 11.7 Å². The standard InChI is InChI=1S/C18H20N4O2S/c1-10-7-17(23)24-16-8-13(5-6-14(10)16)21-18(25)20-11(2)15-9-19-22(4)12(15)3/h5-9,11H,1-4H3,(H2,20,21,25). The summed E-state index contributed by atoms with van der Waals surface area (Å²) in [5, 5.41) is 12.0. The minimum Gasteiger partial charge on any atom is -0.423 e. The Morgan fingerprint density at radius 2 is 2.08 bits per heavy atom. The number of rotatable bonds is 3. The second kappa shape index (κ2) is 6.68. The van der Waals surface area contributed by atoms with Gasteiger partial charge in [0.15, 0.2) is 5.11 Å². The predicted molar refractivity (Wildman–Crippen MR) is 103 cm³/mol. The van der Waals surface area contributed by atoms with Crippen molar-refractivity contribution in [3.63, 3.8) is 0 Å². The van der Waals surface area contributed by atoms with Crippen LogP contribution in [-0.2, 0) is 7.05 Å². The summed E-state index contributed by atoms with van der Waals surface area (Å²) in [5.74, 6) is 0. The molecule has 2 heterocycles. The molecule has 0 aliphatic heterocycles. The number of aryl methyl sites for hydroxylation is 2. The molecule has 1 atom stereocenters. The van der Waals surface area contributed by atoms with Crippen LogP contribution < -0.4 is 16.3 Å². The zero-order chi connectivity index (χ0) is 18.1. The van der Waals surface area contributed by atoms with E-state index in [0.29, 0.717) is 10.7 Å². The fraction of sp³-hybridized carbons (Fsp3) is 0.278. The van der Waals surface area contributed by atoms with Crippen LogP contribution in [0.15, 0.2) is 39.7 Å². The Labute approximate surface area is 150 Å². The number of fused-ring (bicyclic) bond motifs is 1. The number of thiocarbonyl (C=S) groups is 1. The smallest absolute Gasteiger partial charge is 0.336 e. The minimum absolute atomic E-state index is 0.0225. The second-order valence-corrected chi connectivity index (χ2v) is 6.50. The van der Waals surface area contributed by atoms with Gasteiger partial charge in [-0.15, -0.1) is 0 Å². The van der Waals surface area contributed by atoms with Crippen molar-refractivity contribution >= 4 is 34.0 Å². The summed E-state index contributed by atoms with van der Waals surface area (Å²) >= 11 is 5.39. The normalized spacial score (nSPS) is 12.2. The van der Waals surface area contributed by atoms with Crippen LogP contribution in [0.4, 0.5) is 5.69 Å². The molecule has 3 rings (SSSR count). The maximum Gasteiger partial charge on any atom is 0.336 e. The van der Waals surface area contributed by atoms with Gasteiger partial charge in [-0.3, -0.25) is 4.68 Å². The Kier molecular flexibility index (Phi) is 4.59. The number of aromatic nitrogens is 2. The van der Waals surface area contributed by atoms with Crippen LogP contribution in [-0.4, -0.2) is 14.9 Å². The first-order valence-electron chi connectivity index (χ1n) is 7.95. The topological polar surface area (TPSA) is 72.1 Å². The second-order valence-electron chi connectivity index (χ2n) is 6.09. The molecule has 0 bridgehead atoms. The molecule has 0 saturated heterocycles. The van der Waals surface area contributed by atoms with Crippen LogP contribution in [0, 0.1) is 13.8 Å². The van der Waals surface area contributed by atoms with Crippen molar-refractivity contribution < 1.29 is 4.42 Å². The highest BCUT2D eigenvalue weighted by Crippen LogP contribution is 2.21. The number of benzene rings is 1. The van der Waals surface area contributed by atoms with Crippen molar-refractivity contribution in [2.24, 2.45) is 7.05 Å². The molecular formula is C18H20N4O2S. The third-order valence-electron chi connectivity index (χ3n) is 4.30. The van der Waals surface area contributed by atoms with Crippen LogP contribution in [0.1, 0.15) is 29.8 Å². The number of anilines is 1. The molecule has 3 aromatic rings. The largest absolute Gasteiger partial charge is 0.423 e. The van der Waals surface area contributed by atoms with Gasteiger partial charge in [0.2, 0.25) is 0 Å². The molecule has 130 valence electrons. The molecule has 0 saturated carbocycles. The summed E-state index contributed by atoms with van der Waals surface area (Å²) in [6.07, 6.45) is 1.84. The van der Waals surface area contributed by atoms with Gasteiger partial charge in [-0.1, -0.05) is 0 Å². The van der Waals surface area contributed by atoms with E-state index in [2.05, 4.69) is 15.7 Å². The Bertz CT molecular complexity index is 1010. The summed E-state index contributed by atoms with van der Waals surface area (Å²) in [6.45, 7) is 5.93. The van der Waals surface area contributed by atoms with Crippen LogP contribution in [0.2, 0.25) is 0 Å². The van der Waals surface area contributed by atoms with Crippen LogP contribution in [0.25, 0.3) is 11.0 Å². The maximum atomic E-state index is 11.5. The molecule has 7 heteroatoms. The van der Waals surface area contributed by atoms with Gasteiger partial charge in [0.1, 0.15) is 5.58 Å². The van der Waals surface area contributed by atoms with Crippen molar-refractivity contribution in [2.45, 2.75) is 26.8 Å². The number of nitrogens with zero attached hydrogens (tertiary/aromatic N) is 2. The van der Waals surface area contributed by atoms with Gasteiger partial charge in [0.05, 0.1) is 12.2 Å². The SMILES string of the molecule is Cc1cc(=O)oc2cc(NC(=S)NC(C)c3cnn(C)c3C)ccc12. The zero-order valence-electron chi connectivity index (χ0n) is 14.6. The quantitative estimate of drug-likeness (QED) is 0.555. The predicted octanol–water partition coefficient (Wildman–Crippen LogP) is 3.19. The average Bonchev–Trinajstić information content (AvgIpc) is 2.86. The fourth-order valence-electron chi connectivity index (χ4n) is 2.79. The lowest BCUT2D eigenvalue weighted by molar-refractivity contribution is 0.560. The van der Waals surface area contributed by atoms with Gasteiger partial charge >= 0.3 is 5.63 Å². The highest BCUT2D eigenvalue weighted by molar-refractivity contribution is 7.80.